The van der Waals surface area contributed by atoms with Crippen LogP contribution in [0.1, 0.15) is 43.0 Å². The lowest BCUT2D eigenvalue weighted by Crippen LogP contribution is -2.57. The van der Waals surface area contributed by atoms with Crippen molar-refractivity contribution in [3.63, 3.8) is 0 Å². The van der Waals surface area contributed by atoms with E-state index in [1.165, 1.54) is 24.3 Å². The molecule has 26 heavy (non-hydrogen) atoms. The van der Waals surface area contributed by atoms with Gasteiger partial charge in [-0.15, -0.1) is 12.4 Å². The van der Waals surface area contributed by atoms with Gasteiger partial charge in [0.15, 0.2) is 0 Å². The Morgan fingerprint density at radius 1 is 1.08 bits per heavy atom. The molecule has 1 aromatic carbocycles. The van der Waals surface area contributed by atoms with Crippen LogP contribution in [0.25, 0.3) is 0 Å². The van der Waals surface area contributed by atoms with Gasteiger partial charge in [0.25, 0.3) is 5.91 Å². The number of halogens is 2. The number of carbonyl (C=O) groups excluding carboxylic acids is 2. The van der Waals surface area contributed by atoms with Crippen LogP contribution in [0.3, 0.4) is 0 Å². The van der Waals surface area contributed by atoms with Crippen molar-refractivity contribution in [2.75, 3.05) is 26.2 Å². The standard InChI is InChI=1S/C19H26FN3O2.ClH/c1-19(21)9-3-2-4-16(19)18(25)23-12-10-22(11-13-23)17(24)14-5-7-15(20)8-6-14;/h5-8,16H,2-4,9-13,21H2,1H3;1H. The second-order valence-corrected chi connectivity index (χ2v) is 7.43. The third-order valence-electron chi connectivity index (χ3n) is 5.52. The number of hydrogen-bond donors (Lipinski definition) is 1. The van der Waals surface area contributed by atoms with Crippen molar-refractivity contribution >= 4 is 24.2 Å². The number of amides is 2. The Labute approximate surface area is 160 Å². The van der Waals surface area contributed by atoms with Crippen molar-refractivity contribution in [2.24, 2.45) is 11.7 Å². The van der Waals surface area contributed by atoms with Gasteiger partial charge in [-0.05, 0) is 44.0 Å². The fourth-order valence-electron chi connectivity index (χ4n) is 3.89. The van der Waals surface area contributed by atoms with E-state index in [9.17, 15) is 14.0 Å². The highest BCUT2D eigenvalue weighted by Gasteiger charge is 2.40. The molecule has 2 N–H and O–H groups in total. The summed E-state index contributed by atoms with van der Waals surface area (Å²) in [6.07, 6.45) is 3.86. The molecule has 5 nitrogen and oxygen atoms in total. The summed E-state index contributed by atoms with van der Waals surface area (Å²) in [6, 6.07) is 5.57. The highest BCUT2D eigenvalue weighted by molar-refractivity contribution is 5.94. The molecule has 2 atom stereocenters. The average molecular weight is 384 g/mol. The number of benzene rings is 1. The molecule has 1 saturated carbocycles. The average Bonchev–Trinajstić information content (AvgIpc) is 2.61. The monoisotopic (exact) mass is 383 g/mol. The topological polar surface area (TPSA) is 66.6 Å². The van der Waals surface area contributed by atoms with Crippen LogP contribution in [0.15, 0.2) is 24.3 Å². The Hall–Kier alpha value is -1.66. The molecule has 1 saturated heterocycles. The molecule has 0 spiro atoms. The highest BCUT2D eigenvalue weighted by Crippen LogP contribution is 2.33. The second-order valence-electron chi connectivity index (χ2n) is 7.43. The zero-order valence-electron chi connectivity index (χ0n) is 15.1. The quantitative estimate of drug-likeness (QED) is 0.852. The van der Waals surface area contributed by atoms with Crippen LogP contribution in [0.4, 0.5) is 4.39 Å². The van der Waals surface area contributed by atoms with Crippen LogP contribution in [0.5, 0.6) is 0 Å². The van der Waals surface area contributed by atoms with Crippen molar-refractivity contribution < 1.29 is 14.0 Å². The van der Waals surface area contributed by atoms with E-state index in [2.05, 4.69) is 0 Å². The first kappa shape index (κ1) is 20.6. The van der Waals surface area contributed by atoms with Gasteiger partial charge >= 0.3 is 0 Å². The van der Waals surface area contributed by atoms with Crippen LogP contribution < -0.4 is 5.73 Å². The Kier molecular flexibility index (Phi) is 6.64. The first-order valence-corrected chi connectivity index (χ1v) is 9.01. The van der Waals surface area contributed by atoms with Crippen LogP contribution in [-0.2, 0) is 4.79 Å². The Bertz CT molecular complexity index is 643. The Balaban J connectivity index is 0.00000243. The van der Waals surface area contributed by atoms with Crippen LogP contribution >= 0.6 is 12.4 Å². The fourth-order valence-corrected chi connectivity index (χ4v) is 3.89. The highest BCUT2D eigenvalue weighted by atomic mass is 35.5. The smallest absolute Gasteiger partial charge is 0.253 e. The summed E-state index contributed by atoms with van der Waals surface area (Å²) < 4.78 is 13.0. The predicted octanol–water partition coefficient (Wildman–Crippen LogP) is 2.44. The molecular formula is C19H27ClFN3O2. The molecular weight excluding hydrogens is 357 g/mol. The molecule has 2 fully saturated rings. The lowest BCUT2D eigenvalue weighted by Gasteiger charge is -2.42. The van der Waals surface area contributed by atoms with Crippen molar-refractivity contribution in [3.8, 4) is 0 Å². The SMILES string of the molecule is CC1(N)CCCCC1C(=O)N1CCN(C(=O)c2ccc(F)cc2)CC1.Cl. The summed E-state index contributed by atoms with van der Waals surface area (Å²) in [7, 11) is 0. The van der Waals surface area contributed by atoms with E-state index >= 15 is 0 Å². The minimum Gasteiger partial charge on any atom is -0.339 e. The molecule has 144 valence electrons. The van der Waals surface area contributed by atoms with Gasteiger partial charge in [0.1, 0.15) is 5.82 Å². The molecule has 2 amide bonds. The molecule has 1 aliphatic carbocycles. The predicted molar refractivity (Wildman–Crippen MR) is 101 cm³/mol. The summed E-state index contributed by atoms with van der Waals surface area (Å²) in [4.78, 5) is 28.9. The van der Waals surface area contributed by atoms with Gasteiger partial charge in [-0.2, -0.15) is 0 Å². The summed E-state index contributed by atoms with van der Waals surface area (Å²) in [5.74, 6) is -0.475. The number of piperazine rings is 1. The number of rotatable bonds is 2. The lowest BCUT2D eigenvalue weighted by atomic mass is 9.74. The van der Waals surface area contributed by atoms with E-state index in [0.29, 0.717) is 31.7 Å². The molecule has 2 aliphatic rings. The van der Waals surface area contributed by atoms with E-state index in [-0.39, 0.29) is 36.0 Å². The summed E-state index contributed by atoms with van der Waals surface area (Å²) in [5.41, 5.74) is 6.39. The number of hydrogen-bond acceptors (Lipinski definition) is 3. The van der Waals surface area contributed by atoms with Crippen LogP contribution in [0.2, 0.25) is 0 Å². The summed E-state index contributed by atoms with van der Waals surface area (Å²) >= 11 is 0. The van der Waals surface area contributed by atoms with E-state index in [0.717, 1.165) is 25.7 Å². The van der Waals surface area contributed by atoms with Gasteiger partial charge in [0, 0.05) is 37.3 Å². The molecule has 1 aliphatic heterocycles. The maximum Gasteiger partial charge on any atom is 0.253 e. The summed E-state index contributed by atoms with van der Waals surface area (Å²) in [6.45, 7) is 4.02. The normalized spacial score (nSPS) is 26.2. The number of nitrogens with two attached hydrogens (primary N) is 1. The van der Waals surface area contributed by atoms with Crippen molar-refractivity contribution in [1.29, 1.82) is 0 Å². The van der Waals surface area contributed by atoms with Crippen LogP contribution in [0, 0.1) is 11.7 Å². The first-order valence-electron chi connectivity index (χ1n) is 9.01. The zero-order valence-corrected chi connectivity index (χ0v) is 15.9. The molecule has 0 radical (unpaired) electrons. The molecule has 7 heteroatoms. The van der Waals surface area contributed by atoms with Gasteiger partial charge < -0.3 is 15.5 Å². The molecule has 3 rings (SSSR count). The van der Waals surface area contributed by atoms with E-state index in [1.807, 2.05) is 11.8 Å². The van der Waals surface area contributed by atoms with Gasteiger partial charge in [-0.25, -0.2) is 4.39 Å². The maximum atomic E-state index is 13.0. The third kappa shape index (κ3) is 4.35. The minimum atomic E-state index is -0.434. The summed E-state index contributed by atoms with van der Waals surface area (Å²) in [5, 5.41) is 0. The largest absolute Gasteiger partial charge is 0.339 e. The Morgan fingerprint density at radius 3 is 2.23 bits per heavy atom. The minimum absolute atomic E-state index is 0. The molecule has 1 heterocycles. The van der Waals surface area contributed by atoms with Gasteiger partial charge in [0.05, 0.1) is 5.92 Å². The molecule has 1 aromatic rings. The van der Waals surface area contributed by atoms with Gasteiger partial charge in [-0.3, -0.25) is 9.59 Å². The lowest BCUT2D eigenvalue weighted by molar-refractivity contribution is -0.140. The fraction of sp³-hybridized carbons (Fsp3) is 0.579. The second kappa shape index (κ2) is 8.35. The molecule has 0 bridgehead atoms. The maximum absolute atomic E-state index is 13.0. The van der Waals surface area contributed by atoms with E-state index in [1.54, 1.807) is 4.90 Å². The Morgan fingerprint density at radius 2 is 1.65 bits per heavy atom. The van der Waals surface area contributed by atoms with Gasteiger partial charge in [-0.1, -0.05) is 12.8 Å². The van der Waals surface area contributed by atoms with Gasteiger partial charge in [0.2, 0.25) is 5.91 Å². The molecule has 2 unspecified atom stereocenters. The van der Waals surface area contributed by atoms with E-state index in [4.69, 9.17) is 5.73 Å². The van der Waals surface area contributed by atoms with Crippen molar-refractivity contribution in [2.45, 2.75) is 38.1 Å². The van der Waals surface area contributed by atoms with Crippen LogP contribution in [-0.4, -0.2) is 53.3 Å². The number of carbonyl (C=O) groups is 2. The molecule has 0 aromatic heterocycles. The first-order chi connectivity index (χ1) is 11.9. The zero-order chi connectivity index (χ0) is 18.0. The van der Waals surface area contributed by atoms with Crippen molar-refractivity contribution in [1.82, 2.24) is 9.80 Å². The van der Waals surface area contributed by atoms with Crippen molar-refractivity contribution in [3.05, 3.63) is 35.6 Å². The van der Waals surface area contributed by atoms with E-state index < -0.39 is 5.54 Å². The number of nitrogens with zero attached hydrogens (tertiary/aromatic N) is 2. The third-order valence-corrected chi connectivity index (χ3v) is 5.52.